The van der Waals surface area contributed by atoms with Gasteiger partial charge in [0.2, 0.25) is 0 Å². The summed E-state index contributed by atoms with van der Waals surface area (Å²) in [6, 6.07) is 5.43. The summed E-state index contributed by atoms with van der Waals surface area (Å²) in [7, 11) is 0. The lowest BCUT2D eigenvalue weighted by molar-refractivity contribution is 0.627. The van der Waals surface area contributed by atoms with Gasteiger partial charge in [-0.15, -0.1) is 0 Å². The van der Waals surface area contributed by atoms with Crippen molar-refractivity contribution in [1.29, 1.82) is 0 Å². The van der Waals surface area contributed by atoms with E-state index in [0.717, 1.165) is 5.56 Å². The minimum Gasteiger partial charge on any atom is -0.393 e. The second-order valence-electron chi connectivity index (χ2n) is 3.65. The van der Waals surface area contributed by atoms with Gasteiger partial charge in [0.1, 0.15) is 0 Å². The largest absolute Gasteiger partial charge is 0.393 e. The third kappa shape index (κ3) is 3.07. The van der Waals surface area contributed by atoms with E-state index in [0.29, 0.717) is 15.0 Å². The molecule has 0 aliphatic rings. The Kier molecular flexibility index (Phi) is 4.38. The fourth-order valence-corrected chi connectivity index (χ4v) is 2.05. The fourth-order valence-electron chi connectivity index (χ4n) is 1.38. The van der Waals surface area contributed by atoms with E-state index in [9.17, 15) is 0 Å². The molecule has 0 saturated carbocycles. The van der Waals surface area contributed by atoms with Gasteiger partial charge < -0.3 is 5.73 Å². The van der Waals surface area contributed by atoms with Gasteiger partial charge in [-0.1, -0.05) is 49.3 Å². The Morgan fingerprint density at radius 3 is 2.47 bits per heavy atom. The Balaban J connectivity index is 3.04. The first-order valence-electron chi connectivity index (χ1n) is 4.67. The first-order valence-corrected chi connectivity index (χ1v) is 5.84. The quantitative estimate of drug-likeness (QED) is 0.832. The van der Waals surface area contributed by atoms with E-state index >= 15 is 0 Å². The third-order valence-corrected chi connectivity index (χ3v) is 3.60. The van der Waals surface area contributed by atoms with Gasteiger partial charge in [-0.2, -0.15) is 0 Å². The molecule has 1 rings (SSSR count). The van der Waals surface area contributed by atoms with Gasteiger partial charge in [0.05, 0.1) is 4.99 Å². The number of halogens is 2. The summed E-state index contributed by atoms with van der Waals surface area (Å²) in [6.07, 6.45) is 0. The summed E-state index contributed by atoms with van der Waals surface area (Å²) in [5, 5.41) is 1.38. The summed E-state index contributed by atoms with van der Waals surface area (Å²) in [4.78, 5) is 0.499. The Morgan fingerprint density at radius 2 is 1.93 bits per heavy atom. The highest BCUT2D eigenvalue weighted by atomic mass is 35.5. The number of rotatable bonds is 3. The van der Waals surface area contributed by atoms with E-state index < -0.39 is 0 Å². The van der Waals surface area contributed by atoms with E-state index in [4.69, 9.17) is 41.2 Å². The Labute approximate surface area is 106 Å². The minimum absolute atomic E-state index is 0.107. The lowest BCUT2D eigenvalue weighted by Crippen LogP contribution is -2.23. The molecule has 0 aromatic heterocycles. The fraction of sp³-hybridized carbons (Fsp3) is 0.364. The van der Waals surface area contributed by atoms with E-state index in [-0.39, 0.29) is 11.8 Å². The number of thiocarbonyl (C=S) groups is 1. The molecule has 2 unspecified atom stereocenters. The summed E-state index contributed by atoms with van der Waals surface area (Å²) in [6.45, 7) is 4.03. The molecule has 1 aromatic carbocycles. The lowest BCUT2D eigenvalue weighted by atomic mass is 9.89. The van der Waals surface area contributed by atoms with Crippen LogP contribution < -0.4 is 5.73 Å². The lowest BCUT2D eigenvalue weighted by Gasteiger charge is -2.20. The molecule has 0 aliphatic heterocycles. The van der Waals surface area contributed by atoms with Crippen LogP contribution in [0.1, 0.15) is 25.3 Å². The van der Waals surface area contributed by atoms with Gasteiger partial charge in [0.25, 0.3) is 0 Å². The molecule has 0 amide bonds. The molecule has 0 saturated heterocycles. The van der Waals surface area contributed by atoms with Gasteiger partial charge in [0, 0.05) is 16.0 Å². The summed E-state index contributed by atoms with van der Waals surface area (Å²) < 4.78 is 0. The van der Waals surface area contributed by atoms with Crippen molar-refractivity contribution in [2.45, 2.75) is 19.8 Å². The first kappa shape index (κ1) is 12.8. The van der Waals surface area contributed by atoms with Crippen LogP contribution in [-0.2, 0) is 0 Å². The van der Waals surface area contributed by atoms with Crippen LogP contribution in [0.15, 0.2) is 18.2 Å². The molecule has 82 valence electrons. The molecule has 0 aliphatic carbocycles. The van der Waals surface area contributed by atoms with Crippen molar-refractivity contribution in [3.8, 4) is 0 Å². The van der Waals surface area contributed by atoms with Crippen LogP contribution in [0, 0.1) is 5.92 Å². The van der Waals surface area contributed by atoms with Crippen molar-refractivity contribution in [1.82, 2.24) is 0 Å². The molecule has 0 radical (unpaired) electrons. The van der Waals surface area contributed by atoms with Gasteiger partial charge in [-0.25, -0.2) is 0 Å². The van der Waals surface area contributed by atoms with E-state index in [1.807, 2.05) is 19.9 Å². The molecule has 4 heteroatoms. The molecule has 0 heterocycles. The highest BCUT2D eigenvalue weighted by Gasteiger charge is 2.19. The van der Waals surface area contributed by atoms with E-state index in [2.05, 4.69) is 0 Å². The Bertz CT molecular complexity index is 379. The average molecular weight is 262 g/mol. The zero-order valence-electron chi connectivity index (χ0n) is 8.63. The number of benzene rings is 1. The normalized spacial score (nSPS) is 14.7. The van der Waals surface area contributed by atoms with Crippen LogP contribution in [0.4, 0.5) is 0 Å². The maximum Gasteiger partial charge on any atom is 0.0761 e. The second-order valence-corrected chi connectivity index (χ2v) is 4.96. The van der Waals surface area contributed by atoms with E-state index in [1.54, 1.807) is 12.1 Å². The number of hydrogen-bond donors (Lipinski definition) is 1. The topological polar surface area (TPSA) is 26.0 Å². The van der Waals surface area contributed by atoms with Crippen molar-refractivity contribution >= 4 is 40.4 Å². The summed E-state index contributed by atoms with van der Waals surface area (Å²) >= 11 is 17.0. The highest BCUT2D eigenvalue weighted by molar-refractivity contribution is 7.80. The smallest absolute Gasteiger partial charge is 0.0761 e. The van der Waals surface area contributed by atoms with Crippen molar-refractivity contribution in [3.63, 3.8) is 0 Å². The summed E-state index contributed by atoms with van der Waals surface area (Å²) in [5.74, 6) is 0.282. The zero-order valence-corrected chi connectivity index (χ0v) is 11.0. The van der Waals surface area contributed by atoms with Crippen molar-refractivity contribution in [2.24, 2.45) is 11.7 Å². The van der Waals surface area contributed by atoms with Gasteiger partial charge >= 0.3 is 0 Å². The minimum atomic E-state index is 0.107. The van der Waals surface area contributed by atoms with Crippen LogP contribution in [0.2, 0.25) is 10.0 Å². The standard InChI is InChI=1S/C11H13Cl2NS/c1-6(7(2)11(14)15)9-5-8(12)3-4-10(9)13/h3-7H,1-2H3,(H2,14,15). The molecule has 2 atom stereocenters. The monoisotopic (exact) mass is 261 g/mol. The predicted octanol–water partition coefficient (Wildman–Crippen LogP) is 4.02. The number of nitrogens with two attached hydrogens (primary N) is 1. The third-order valence-electron chi connectivity index (χ3n) is 2.65. The molecule has 1 aromatic rings. The molecule has 0 spiro atoms. The van der Waals surface area contributed by atoms with Crippen molar-refractivity contribution in [3.05, 3.63) is 33.8 Å². The molecule has 0 bridgehead atoms. The maximum absolute atomic E-state index is 6.10. The molecular formula is C11H13Cl2NS. The Morgan fingerprint density at radius 1 is 1.33 bits per heavy atom. The van der Waals surface area contributed by atoms with Crippen LogP contribution in [0.5, 0.6) is 0 Å². The predicted molar refractivity (Wildman–Crippen MR) is 70.8 cm³/mol. The maximum atomic E-state index is 6.10. The summed E-state index contributed by atoms with van der Waals surface area (Å²) in [5.41, 5.74) is 6.61. The molecule has 0 fully saturated rings. The Hall–Kier alpha value is -0.310. The molecule has 2 N–H and O–H groups in total. The molecule has 1 nitrogen and oxygen atoms in total. The van der Waals surface area contributed by atoms with E-state index in [1.165, 1.54) is 0 Å². The van der Waals surface area contributed by atoms with Gasteiger partial charge in [-0.05, 0) is 29.7 Å². The van der Waals surface area contributed by atoms with Crippen LogP contribution >= 0.6 is 35.4 Å². The van der Waals surface area contributed by atoms with Crippen molar-refractivity contribution < 1.29 is 0 Å². The van der Waals surface area contributed by atoms with Crippen molar-refractivity contribution in [2.75, 3.05) is 0 Å². The second kappa shape index (κ2) is 5.15. The molecular weight excluding hydrogens is 249 g/mol. The van der Waals surface area contributed by atoms with Gasteiger partial charge in [-0.3, -0.25) is 0 Å². The van der Waals surface area contributed by atoms with Crippen LogP contribution in [0.25, 0.3) is 0 Å². The first-order chi connectivity index (χ1) is 6.93. The highest BCUT2D eigenvalue weighted by Crippen LogP contribution is 2.32. The van der Waals surface area contributed by atoms with Crippen LogP contribution in [0.3, 0.4) is 0 Å². The average Bonchev–Trinajstić information content (AvgIpc) is 2.19. The van der Waals surface area contributed by atoms with Gasteiger partial charge in [0.15, 0.2) is 0 Å². The number of hydrogen-bond acceptors (Lipinski definition) is 1. The SMILES string of the molecule is CC(C(N)=S)C(C)c1cc(Cl)ccc1Cl. The van der Waals surface area contributed by atoms with Crippen LogP contribution in [-0.4, -0.2) is 4.99 Å². The molecule has 15 heavy (non-hydrogen) atoms. The zero-order chi connectivity index (χ0) is 11.6.